The van der Waals surface area contributed by atoms with E-state index >= 15 is 0 Å². The molecule has 106 valence electrons. The van der Waals surface area contributed by atoms with Crippen molar-refractivity contribution in [3.8, 4) is 11.5 Å². The second-order valence-electron chi connectivity index (χ2n) is 5.63. The first-order valence-corrected chi connectivity index (χ1v) is 7.13. The maximum Gasteiger partial charge on any atom is 0.126 e. The monoisotopic (exact) mass is 264 g/mol. The summed E-state index contributed by atoms with van der Waals surface area (Å²) in [4.78, 5) is 0. The van der Waals surface area contributed by atoms with Crippen LogP contribution in [0.2, 0.25) is 0 Å². The molecule has 1 aromatic rings. The second-order valence-corrected chi connectivity index (χ2v) is 5.63. The van der Waals surface area contributed by atoms with Gasteiger partial charge in [-0.05, 0) is 38.0 Å². The zero-order chi connectivity index (χ0) is 13.9. The molecule has 0 saturated heterocycles. The predicted molar refractivity (Wildman–Crippen MR) is 75.7 cm³/mol. The molecule has 0 radical (unpaired) electrons. The molecular formula is C16H24O3. The van der Waals surface area contributed by atoms with E-state index in [0.29, 0.717) is 6.42 Å². The Hall–Kier alpha value is -1.22. The zero-order valence-electron chi connectivity index (χ0n) is 12.1. The van der Waals surface area contributed by atoms with Crippen molar-refractivity contribution >= 4 is 0 Å². The fourth-order valence-electron chi connectivity index (χ4n) is 2.73. The zero-order valence-corrected chi connectivity index (χ0v) is 12.1. The average Bonchev–Trinajstić information content (AvgIpc) is 2.38. The quantitative estimate of drug-likeness (QED) is 0.821. The molecule has 0 aromatic heterocycles. The van der Waals surface area contributed by atoms with Crippen molar-refractivity contribution in [2.75, 3.05) is 7.11 Å². The van der Waals surface area contributed by atoms with E-state index in [1.54, 1.807) is 7.11 Å². The number of ether oxygens (including phenoxy) is 2. The minimum absolute atomic E-state index is 0.254. The van der Waals surface area contributed by atoms with E-state index in [0.717, 1.165) is 29.9 Å². The minimum atomic E-state index is -0.467. The summed E-state index contributed by atoms with van der Waals surface area (Å²) in [5, 5.41) is 10.3. The smallest absolute Gasteiger partial charge is 0.126 e. The van der Waals surface area contributed by atoms with Crippen LogP contribution in [0.4, 0.5) is 0 Å². The van der Waals surface area contributed by atoms with E-state index in [1.165, 1.54) is 12.8 Å². The molecule has 3 heteroatoms. The van der Waals surface area contributed by atoms with Crippen molar-refractivity contribution < 1.29 is 14.6 Å². The molecule has 0 amide bonds. The molecule has 2 rings (SSSR count). The lowest BCUT2D eigenvalue weighted by Crippen LogP contribution is -2.38. The molecule has 1 aliphatic rings. The van der Waals surface area contributed by atoms with Crippen molar-refractivity contribution in [1.82, 2.24) is 0 Å². The Morgan fingerprint density at radius 3 is 2.89 bits per heavy atom. The van der Waals surface area contributed by atoms with E-state index in [2.05, 4.69) is 13.8 Å². The Morgan fingerprint density at radius 2 is 2.21 bits per heavy atom. The molecule has 0 fully saturated rings. The summed E-state index contributed by atoms with van der Waals surface area (Å²) >= 11 is 0. The fourth-order valence-corrected chi connectivity index (χ4v) is 2.73. The van der Waals surface area contributed by atoms with E-state index in [9.17, 15) is 5.11 Å². The van der Waals surface area contributed by atoms with Gasteiger partial charge in [0.1, 0.15) is 17.1 Å². The number of hydrogen-bond acceptors (Lipinski definition) is 3. The summed E-state index contributed by atoms with van der Waals surface area (Å²) < 4.78 is 11.3. The Bertz CT molecular complexity index is 430. The summed E-state index contributed by atoms with van der Waals surface area (Å²) in [5.41, 5.74) is 0.586. The number of unbranched alkanes of at least 4 members (excludes halogenated alkanes) is 2. The summed E-state index contributed by atoms with van der Waals surface area (Å²) in [6.45, 7) is 4.29. The van der Waals surface area contributed by atoms with Crippen molar-refractivity contribution in [2.24, 2.45) is 0 Å². The topological polar surface area (TPSA) is 38.7 Å². The molecule has 1 aromatic carbocycles. The Morgan fingerprint density at radius 1 is 1.42 bits per heavy atom. The first-order valence-electron chi connectivity index (χ1n) is 7.13. The van der Waals surface area contributed by atoms with Crippen LogP contribution in [0.1, 0.15) is 57.6 Å². The normalized spacial score (nSPS) is 25.6. The van der Waals surface area contributed by atoms with Crippen molar-refractivity contribution in [3.05, 3.63) is 23.8 Å². The van der Waals surface area contributed by atoms with Gasteiger partial charge in [-0.15, -0.1) is 0 Å². The maximum atomic E-state index is 10.3. The van der Waals surface area contributed by atoms with E-state index < -0.39 is 6.10 Å². The third kappa shape index (κ3) is 3.21. The number of rotatable bonds is 5. The van der Waals surface area contributed by atoms with Gasteiger partial charge in [-0.3, -0.25) is 0 Å². The fraction of sp³-hybridized carbons (Fsp3) is 0.625. The predicted octanol–water partition coefficient (Wildman–Crippen LogP) is 3.85. The van der Waals surface area contributed by atoms with Gasteiger partial charge in [0.15, 0.2) is 0 Å². The number of hydrogen-bond donors (Lipinski definition) is 1. The molecule has 0 bridgehead atoms. The molecule has 2 atom stereocenters. The number of benzene rings is 1. The van der Waals surface area contributed by atoms with Gasteiger partial charge in [-0.1, -0.05) is 19.8 Å². The molecule has 1 N–H and O–H groups in total. The lowest BCUT2D eigenvalue weighted by molar-refractivity contribution is -0.00858. The largest absolute Gasteiger partial charge is 0.497 e. The summed E-state index contributed by atoms with van der Waals surface area (Å²) in [7, 11) is 1.63. The van der Waals surface area contributed by atoms with Crippen LogP contribution in [-0.4, -0.2) is 17.8 Å². The van der Waals surface area contributed by atoms with Crippen LogP contribution < -0.4 is 9.47 Å². The number of aliphatic hydroxyl groups is 1. The molecular weight excluding hydrogens is 240 g/mol. The Kier molecular flexibility index (Phi) is 4.35. The summed E-state index contributed by atoms with van der Waals surface area (Å²) in [6.07, 6.45) is 4.73. The van der Waals surface area contributed by atoms with Gasteiger partial charge < -0.3 is 14.6 Å². The van der Waals surface area contributed by atoms with Crippen molar-refractivity contribution in [1.29, 1.82) is 0 Å². The van der Waals surface area contributed by atoms with Gasteiger partial charge >= 0.3 is 0 Å². The molecule has 1 aliphatic heterocycles. The first kappa shape index (κ1) is 14.2. The van der Waals surface area contributed by atoms with Crippen LogP contribution in [0.15, 0.2) is 18.2 Å². The number of methoxy groups -OCH3 is 1. The van der Waals surface area contributed by atoms with Gasteiger partial charge in [0.05, 0.1) is 13.2 Å². The van der Waals surface area contributed by atoms with Gasteiger partial charge in [0, 0.05) is 12.0 Å². The number of aliphatic hydroxyl groups excluding tert-OH is 1. The van der Waals surface area contributed by atoms with E-state index in [1.807, 2.05) is 18.2 Å². The van der Waals surface area contributed by atoms with Crippen LogP contribution in [0.3, 0.4) is 0 Å². The molecule has 2 unspecified atom stereocenters. The Labute approximate surface area is 115 Å². The highest BCUT2D eigenvalue weighted by molar-refractivity contribution is 5.43. The van der Waals surface area contributed by atoms with Crippen LogP contribution in [0.25, 0.3) is 0 Å². The third-order valence-corrected chi connectivity index (χ3v) is 3.87. The van der Waals surface area contributed by atoms with Crippen LogP contribution >= 0.6 is 0 Å². The van der Waals surface area contributed by atoms with Crippen LogP contribution in [-0.2, 0) is 0 Å². The lowest BCUT2D eigenvalue weighted by atomic mass is 9.86. The van der Waals surface area contributed by atoms with Crippen molar-refractivity contribution in [3.63, 3.8) is 0 Å². The van der Waals surface area contributed by atoms with Gasteiger partial charge in [-0.25, -0.2) is 0 Å². The molecule has 0 aliphatic carbocycles. The second kappa shape index (κ2) is 5.83. The van der Waals surface area contributed by atoms with Crippen molar-refractivity contribution in [2.45, 2.75) is 57.7 Å². The highest BCUT2D eigenvalue weighted by atomic mass is 16.5. The standard InChI is InChI=1S/C16H24O3/c1-4-5-6-9-16(2)11-14(17)13-10-12(18-3)7-8-15(13)19-16/h7-8,10,14,17H,4-6,9,11H2,1-3H3. The van der Waals surface area contributed by atoms with Crippen LogP contribution in [0.5, 0.6) is 11.5 Å². The van der Waals surface area contributed by atoms with Gasteiger partial charge in [0.2, 0.25) is 0 Å². The van der Waals surface area contributed by atoms with Crippen LogP contribution in [0, 0.1) is 0 Å². The van der Waals surface area contributed by atoms with Gasteiger partial charge in [-0.2, -0.15) is 0 Å². The highest BCUT2D eigenvalue weighted by Gasteiger charge is 2.36. The van der Waals surface area contributed by atoms with Gasteiger partial charge in [0.25, 0.3) is 0 Å². The SMILES string of the molecule is CCCCCC1(C)CC(O)c2cc(OC)ccc2O1. The first-order chi connectivity index (χ1) is 9.08. The number of fused-ring (bicyclic) bond motifs is 1. The third-order valence-electron chi connectivity index (χ3n) is 3.87. The molecule has 3 nitrogen and oxygen atoms in total. The molecule has 0 saturated carbocycles. The molecule has 1 heterocycles. The van der Waals surface area contributed by atoms with E-state index in [-0.39, 0.29) is 5.60 Å². The maximum absolute atomic E-state index is 10.3. The van der Waals surface area contributed by atoms with E-state index in [4.69, 9.17) is 9.47 Å². The molecule has 0 spiro atoms. The molecule has 19 heavy (non-hydrogen) atoms. The summed E-state index contributed by atoms with van der Waals surface area (Å²) in [6, 6.07) is 5.64. The average molecular weight is 264 g/mol. The minimum Gasteiger partial charge on any atom is -0.497 e. The Balaban J connectivity index is 2.15. The highest BCUT2D eigenvalue weighted by Crippen LogP contribution is 2.42. The lowest BCUT2D eigenvalue weighted by Gasteiger charge is -2.38. The summed E-state index contributed by atoms with van der Waals surface area (Å²) in [5.74, 6) is 1.55.